The molecule has 0 radical (unpaired) electrons. The van der Waals surface area contributed by atoms with Crippen LogP contribution in [0, 0.1) is 6.92 Å². The first-order chi connectivity index (χ1) is 7.66. The van der Waals surface area contributed by atoms with E-state index < -0.39 is 0 Å². The topological polar surface area (TPSA) is 43.8 Å². The highest BCUT2D eigenvalue weighted by molar-refractivity contribution is 6.30. The molecule has 1 heterocycles. The van der Waals surface area contributed by atoms with Gasteiger partial charge >= 0.3 is 0 Å². The quantitative estimate of drug-likeness (QED) is 0.889. The van der Waals surface area contributed by atoms with Crippen molar-refractivity contribution in [3.8, 4) is 0 Å². The van der Waals surface area contributed by atoms with Crippen LogP contribution in [-0.2, 0) is 6.54 Å². The zero-order valence-electron chi connectivity index (χ0n) is 9.10. The van der Waals surface area contributed by atoms with Crippen molar-refractivity contribution < 1.29 is 0 Å². The zero-order valence-corrected chi connectivity index (χ0v) is 9.85. The lowest BCUT2D eigenvalue weighted by molar-refractivity contribution is 0.526. The molecule has 1 unspecified atom stereocenters. The highest BCUT2D eigenvalue weighted by atomic mass is 35.5. The maximum Gasteiger partial charge on any atom is 0.0785 e. The summed E-state index contributed by atoms with van der Waals surface area (Å²) in [6.07, 6.45) is 3.39. The molecule has 2 N–H and O–H groups in total. The summed E-state index contributed by atoms with van der Waals surface area (Å²) >= 11 is 5.80. The molecule has 0 saturated heterocycles. The Balaban J connectivity index is 2.14. The van der Waals surface area contributed by atoms with E-state index in [0.717, 1.165) is 5.56 Å². The maximum atomic E-state index is 6.13. The van der Waals surface area contributed by atoms with E-state index in [1.807, 2.05) is 18.2 Å². The Morgan fingerprint density at radius 2 is 2.19 bits per heavy atom. The van der Waals surface area contributed by atoms with E-state index in [1.54, 1.807) is 17.1 Å². The predicted octanol–water partition coefficient (Wildman–Crippen LogP) is 2.54. The van der Waals surface area contributed by atoms with Gasteiger partial charge in [-0.25, -0.2) is 0 Å². The molecule has 4 heteroatoms. The molecule has 2 aromatic rings. The molecule has 0 amide bonds. The van der Waals surface area contributed by atoms with Gasteiger partial charge in [0.15, 0.2) is 0 Å². The fourth-order valence-corrected chi connectivity index (χ4v) is 1.90. The minimum atomic E-state index is -0.0582. The molecule has 1 aromatic carbocycles. The Morgan fingerprint density at radius 3 is 2.81 bits per heavy atom. The summed E-state index contributed by atoms with van der Waals surface area (Å²) in [6.45, 7) is 2.70. The molecule has 16 heavy (non-hydrogen) atoms. The number of aryl methyl sites for hydroxylation is 1. The number of hydrogen-bond acceptors (Lipinski definition) is 2. The number of hydrogen-bond donors (Lipinski definition) is 1. The van der Waals surface area contributed by atoms with Crippen molar-refractivity contribution in [2.24, 2.45) is 5.73 Å². The highest BCUT2D eigenvalue weighted by Gasteiger charge is 2.09. The third-order valence-electron chi connectivity index (χ3n) is 2.57. The first kappa shape index (κ1) is 11.2. The zero-order chi connectivity index (χ0) is 11.5. The van der Waals surface area contributed by atoms with Crippen LogP contribution in [0.2, 0.25) is 5.02 Å². The second-order valence-corrected chi connectivity index (χ2v) is 4.28. The van der Waals surface area contributed by atoms with Crippen LogP contribution in [0.1, 0.15) is 17.2 Å². The fourth-order valence-electron chi connectivity index (χ4n) is 1.74. The maximum absolute atomic E-state index is 6.13. The number of aromatic nitrogens is 2. The molecule has 1 aromatic heterocycles. The monoisotopic (exact) mass is 235 g/mol. The van der Waals surface area contributed by atoms with Crippen molar-refractivity contribution in [1.82, 2.24) is 9.78 Å². The Hall–Kier alpha value is -1.32. The molecule has 0 aliphatic rings. The largest absolute Gasteiger partial charge is 0.322 e. The molecule has 0 spiro atoms. The lowest BCUT2D eigenvalue weighted by atomic mass is 10.0. The van der Waals surface area contributed by atoms with Crippen molar-refractivity contribution in [2.75, 3.05) is 0 Å². The van der Waals surface area contributed by atoms with Crippen LogP contribution in [0.3, 0.4) is 0 Å². The minimum Gasteiger partial charge on any atom is -0.322 e. The lowest BCUT2D eigenvalue weighted by Crippen LogP contribution is -2.18. The number of halogens is 1. The summed E-state index contributed by atoms with van der Waals surface area (Å²) in [6, 6.07) is 8.06. The van der Waals surface area contributed by atoms with Crippen LogP contribution >= 0.6 is 11.6 Å². The van der Waals surface area contributed by atoms with Crippen LogP contribution in [0.15, 0.2) is 36.7 Å². The van der Waals surface area contributed by atoms with Gasteiger partial charge in [0.1, 0.15) is 0 Å². The summed E-state index contributed by atoms with van der Waals surface area (Å²) in [7, 11) is 0. The van der Waals surface area contributed by atoms with Crippen LogP contribution in [0.4, 0.5) is 0 Å². The predicted molar refractivity (Wildman–Crippen MR) is 65.3 cm³/mol. The normalized spacial score (nSPS) is 12.7. The van der Waals surface area contributed by atoms with Crippen LogP contribution < -0.4 is 5.73 Å². The average Bonchev–Trinajstić information content (AvgIpc) is 2.64. The summed E-state index contributed by atoms with van der Waals surface area (Å²) in [5.74, 6) is 0. The standard InChI is InChI=1S/C12H14ClN3/c1-9-4-2-3-5-11(9)12(14)8-16-7-10(13)6-15-16/h2-7,12H,8,14H2,1H3. The molecular weight excluding hydrogens is 222 g/mol. The van der Waals surface area contributed by atoms with Crippen molar-refractivity contribution >= 4 is 11.6 Å². The Kier molecular flexibility index (Phi) is 3.27. The van der Waals surface area contributed by atoms with Gasteiger partial charge in [0, 0.05) is 12.2 Å². The number of rotatable bonds is 3. The van der Waals surface area contributed by atoms with Gasteiger partial charge in [0.2, 0.25) is 0 Å². The van der Waals surface area contributed by atoms with E-state index in [1.165, 1.54) is 5.56 Å². The fraction of sp³-hybridized carbons (Fsp3) is 0.250. The van der Waals surface area contributed by atoms with Gasteiger partial charge in [-0.05, 0) is 18.1 Å². The molecule has 84 valence electrons. The van der Waals surface area contributed by atoms with E-state index in [9.17, 15) is 0 Å². The molecule has 0 aliphatic heterocycles. The van der Waals surface area contributed by atoms with E-state index in [-0.39, 0.29) is 6.04 Å². The highest BCUT2D eigenvalue weighted by Crippen LogP contribution is 2.17. The molecule has 1 atom stereocenters. The van der Waals surface area contributed by atoms with Gasteiger partial charge in [0.05, 0.1) is 17.8 Å². The van der Waals surface area contributed by atoms with Gasteiger partial charge in [-0.2, -0.15) is 5.10 Å². The summed E-state index contributed by atoms with van der Waals surface area (Å²) in [5, 5.41) is 4.75. The first-order valence-corrected chi connectivity index (χ1v) is 5.53. The van der Waals surface area contributed by atoms with Gasteiger partial charge in [0.25, 0.3) is 0 Å². The Morgan fingerprint density at radius 1 is 1.44 bits per heavy atom. The third-order valence-corrected chi connectivity index (χ3v) is 2.77. The van der Waals surface area contributed by atoms with Gasteiger partial charge in [-0.15, -0.1) is 0 Å². The Labute approximate surface area is 99.8 Å². The minimum absolute atomic E-state index is 0.0582. The number of nitrogens with zero attached hydrogens (tertiary/aromatic N) is 2. The lowest BCUT2D eigenvalue weighted by Gasteiger charge is -2.14. The molecule has 0 bridgehead atoms. The SMILES string of the molecule is Cc1ccccc1C(N)Cn1cc(Cl)cn1. The molecule has 0 saturated carbocycles. The molecular formula is C12H14ClN3. The van der Waals surface area contributed by atoms with Crippen molar-refractivity contribution in [2.45, 2.75) is 19.5 Å². The van der Waals surface area contributed by atoms with E-state index >= 15 is 0 Å². The second-order valence-electron chi connectivity index (χ2n) is 3.84. The molecule has 0 aliphatic carbocycles. The van der Waals surface area contributed by atoms with Crippen molar-refractivity contribution in [1.29, 1.82) is 0 Å². The van der Waals surface area contributed by atoms with Gasteiger partial charge < -0.3 is 5.73 Å². The van der Waals surface area contributed by atoms with Crippen LogP contribution in [-0.4, -0.2) is 9.78 Å². The van der Waals surface area contributed by atoms with Crippen LogP contribution in [0.5, 0.6) is 0 Å². The van der Waals surface area contributed by atoms with E-state index in [2.05, 4.69) is 18.1 Å². The van der Waals surface area contributed by atoms with Crippen molar-refractivity contribution in [3.05, 3.63) is 52.8 Å². The average molecular weight is 236 g/mol. The Bertz CT molecular complexity index is 479. The number of nitrogens with two attached hydrogens (primary N) is 1. The van der Waals surface area contributed by atoms with E-state index in [4.69, 9.17) is 17.3 Å². The van der Waals surface area contributed by atoms with Gasteiger partial charge in [-0.3, -0.25) is 4.68 Å². The summed E-state index contributed by atoms with van der Waals surface area (Å²) in [5.41, 5.74) is 8.48. The second kappa shape index (κ2) is 4.68. The molecule has 3 nitrogen and oxygen atoms in total. The number of benzene rings is 1. The van der Waals surface area contributed by atoms with Crippen molar-refractivity contribution in [3.63, 3.8) is 0 Å². The third kappa shape index (κ3) is 2.43. The smallest absolute Gasteiger partial charge is 0.0785 e. The van der Waals surface area contributed by atoms with Crippen LogP contribution in [0.25, 0.3) is 0 Å². The summed E-state index contributed by atoms with van der Waals surface area (Å²) in [4.78, 5) is 0. The first-order valence-electron chi connectivity index (χ1n) is 5.16. The van der Waals surface area contributed by atoms with Gasteiger partial charge in [-0.1, -0.05) is 35.9 Å². The van der Waals surface area contributed by atoms with E-state index in [0.29, 0.717) is 11.6 Å². The summed E-state index contributed by atoms with van der Waals surface area (Å²) < 4.78 is 1.76. The molecule has 2 rings (SSSR count). The molecule has 0 fully saturated rings.